The van der Waals surface area contributed by atoms with E-state index in [1.165, 1.54) is 32.4 Å². The number of nitrogens with one attached hydrogen (secondary N) is 1. The van der Waals surface area contributed by atoms with Crippen LogP contribution in [0.4, 0.5) is 5.69 Å². The van der Waals surface area contributed by atoms with Crippen LogP contribution in [-0.2, 0) is 10.0 Å². The number of hydrogen-bond acceptors (Lipinski definition) is 4. The van der Waals surface area contributed by atoms with Gasteiger partial charge in [0.25, 0.3) is 10.0 Å². The van der Waals surface area contributed by atoms with Crippen molar-refractivity contribution < 1.29 is 17.9 Å². The number of rotatable bonds is 5. The lowest BCUT2D eigenvalue weighted by molar-refractivity contribution is 0.414. The molecule has 0 aliphatic rings. The molecule has 0 aromatic heterocycles. The van der Waals surface area contributed by atoms with Gasteiger partial charge in [-0.05, 0) is 42.8 Å². The third-order valence-electron chi connectivity index (χ3n) is 3.03. The number of anilines is 1. The topological polar surface area (TPSA) is 64.6 Å². The van der Waals surface area contributed by atoms with Crippen molar-refractivity contribution in [1.29, 1.82) is 0 Å². The average Bonchev–Trinajstić information content (AvgIpc) is 2.48. The molecule has 0 amide bonds. The first kappa shape index (κ1) is 16.5. The predicted octanol–water partition coefficient (Wildman–Crippen LogP) is 3.47. The Bertz CT molecular complexity index is 790. The molecule has 0 saturated carbocycles. The summed E-state index contributed by atoms with van der Waals surface area (Å²) in [6.45, 7) is 1.89. The molecule has 0 spiro atoms. The number of halogens is 1. The third kappa shape index (κ3) is 3.45. The minimum Gasteiger partial charge on any atom is -0.495 e. The predicted molar refractivity (Wildman–Crippen MR) is 86.5 cm³/mol. The van der Waals surface area contributed by atoms with Gasteiger partial charge in [0.1, 0.15) is 11.5 Å². The second kappa shape index (κ2) is 6.46. The van der Waals surface area contributed by atoms with Crippen molar-refractivity contribution in [3.8, 4) is 11.5 Å². The van der Waals surface area contributed by atoms with Gasteiger partial charge in [0, 0.05) is 0 Å². The van der Waals surface area contributed by atoms with Gasteiger partial charge in [0.15, 0.2) is 0 Å². The summed E-state index contributed by atoms with van der Waals surface area (Å²) in [6, 6.07) is 9.46. The number of methoxy groups -OCH3 is 2. The Balaban J connectivity index is 2.38. The monoisotopic (exact) mass is 341 g/mol. The van der Waals surface area contributed by atoms with Gasteiger partial charge in [-0.3, -0.25) is 4.72 Å². The van der Waals surface area contributed by atoms with Crippen molar-refractivity contribution >= 4 is 27.3 Å². The van der Waals surface area contributed by atoms with E-state index in [0.29, 0.717) is 17.2 Å². The van der Waals surface area contributed by atoms with Gasteiger partial charge in [-0.25, -0.2) is 8.42 Å². The SMILES string of the molecule is COc1ccc(S(=O)(=O)Nc2ccc(C)cc2OC)cc1Cl. The van der Waals surface area contributed by atoms with Gasteiger partial charge in [-0.1, -0.05) is 17.7 Å². The molecule has 0 heterocycles. The summed E-state index contributed by atoms with van der Waals surface area (Å²) in [4.78, 5) is 0.0425. The maximum Gasteiger partial charge on any atom is 0.262 e. The Morgan fingerprint density at radius 1 is 1.00 bits per heavy atom. The Labute approximate surface area is 134 Å². The molecule has 5 nitrogen and oxygen atoms in total. The summed E-state index contributed by atoms with van der Waals surface area (Å²) < 4.78 is 37.6. The van der Waals surface area contributed by atoms with Crippen LogP contribution in [0.3, 0.4) is 0 Å². The number of aryl methyl sites for hydroxylation is 1. The van der Waals surface area contributed by atoms with Gasteiger partial charge < -0.3 is 9.47 Å². The van der Waals surface area contributed by atoms with Gasteiger partial charge in [0.05, 0.1) is 29.8 Å². The zero-order valence-corrected chi connectivity index (χ0v) is 14.0. The molecule has 0 bridgehead atoms. The van der Waals surface area contributed by atoms with Gasteiger partial charge in [-0.2, -0.15) is 0 Å². The summed E-state index contributed by atoms with van der Waals surface area (Å²) >= 11 is 5.98. The average molecular weight is 342 g/mol. The highest BCUT2D eigenvalue weighted by molar-refractivity contribution is 7.92. The van der Waals surface area contributed by atoms with Crippen molar-refractivity contribution in [3.63, 3.8) is 0 Å². The van der Waals surface area contributed by atoms with E-state index in [9.17, 15) is 8.42 Å². The molecule has 0 saturated heterocycles. The zero-order chi connectivity index (χ0) is 16.3. The van der Waals surface area contributed by atoms with E-state index in [1.54, 1.807) is 18.2 Å². The lowest BCUT2D eigenvalue weighted by Crippen LogP contribution is -2.13. The van der Waals surface area contributed by atoms with E-state index in [1.807, 2.05) is 6.92 Å². The molecular formula is C15H16ClNO4S. The normalized spacial score (nSPS) is 11.1. The van der Waals surface area contributed by atoms with Crippen molar-refractivity contribution in [1.82, 2.24) is 0 Å². The number of benzene rings is 2. The Kier molecular flexibility index (Phi) is 4.83. The van der Waals surface area contributed by atoms with Crippen molar-refractivity contribution in [3.05, 3.63) is 47.0 Å². The fourth-order valence-corrected chi connectivity index (χ4v) is 3.32. The second-order valence-corrected chi connectivity index (χ2v) is 6.70. The fraction of sp³-hybridized carbons (Fsp3) is 0.200. The summed E-state index contributed by atoms with van der Waals surface area (Å²) in [6.07, 6.45) is 0. The third-order valence-corrected chi connectivity index (χ3v) is 4.69. The quantitative estimate of drug-likeness (QED) is 0.904. The van der Waals surface area contributed by atoms with E-state index >= 15 is 0 Å². The molecule has 0 atom stereocenters. The highest BCUT2D eigenvalue weighted by Gasteiger charge is 2.18. The fourth-order valence-electron chi connectivity index (χ4n) is 1.90. The van der Waals surface area contributed by atoms with Crippen molar-refractivity contribution in [2.45, 2.75) is 11.8 Å². The molecule has 0 aliphatic heterocycles. The molecular weight excluding hydrogens is 326 g/mol. The van der Waals surface area contributed by atoms with Crippen LogP contribution in [0.15, 0.2) is 41.3 Å². The van der Waals surface area contributed by atoms with Crippen LogP contribution in [0.25, 0.3) is 0 Å². The summed E-state index contributed by atoms with van der Waals surface area (Å²) in [7, 11) is -0.830. The van der Waals surface area contributed by atoms with Gasteiger partial charge in [0.2, 0.25) is 0 Å². The van der Waals surface area contributed by atoms with Crippen LogP contribution in [0.2, 0.25) is 5.02 Å². The van der Waals surface area contributed by atoms with E-state index in [0.717, 1.165) is 5.56 Å². The first-order chi connectivity index (χ1) is 10.4. The molecule has 2 rings (SSSR count). The van der Waals surface area contributed by atoms with E-state index in [-0.39, 0.29) is 9.92 Å². The first-order valence-corrected chi connectivity index (χ1v) is 8.24. The van der Waals surface area contributed by atoms with Crippen LogP contribution in [-0.4, -0.2) is 22.6 Å². The maximum absolute atomic E-state index is 12.4. The maximum atomic E-state index is 12.4. The molecule has 2 aromatic rings. The Hall–Kier alpha value is -1.92. The lowest BCUT2D eigenvalue weighted by atomic mass is 10.2. The summed E-state index contributed by atoms with van der Waals surface area (Å²) in [5, 5.41) is 0.223. The van der Waals surface area contributed by atoms with Crippen molar-refractivity contribution in [2.24, 2.45) is 0 Å². The highest BCUT2D eigenvalue weighted by Crippen LogP contribution is 2.30. The van der Waals surface area contributed by atoms with Crippen molar-refractivity contribution in [2.75, 3.05) is 18.9 Å². The summed E-state index contributed by atoms with van der Waals surface area (Å²) in [5.74, 6) is 0.858. The highest BCUT2D eigenvalue weighted by atomic mass is 35.5. The Morgan fingerprint density at radius 2 is 1.68 bits per heavy atom. The first-order valence-electron chi connectivity index (χ1n) is 6.38. The van der Waals surface area contributed by atoms with Gasteiger partial charge >= 0.3 is 0 Å². The molecule has 0 unspecified atom stereocenters. The molecule has 118 valence electrons. The van der Waals surface area contributed by atoms with Crippen LogP contribution in [0, 0.1) is 6.92 Å². The summed E-state index contributed by atoms with van der Waals surface area (Å²) in [5.41, 5.74) is 1.33. The Morgan fingerprint density at radius 3 is 2.27 bits per heavy atom. The molecule has 0 aliphatic carbocycles. The van der Waals surface area contributed by atoms with E-state index in [2.05, 4.69) is 4.72 Å². The minimum atomic E-state index is -3.78. The van der Waals surface area contributed by atoms with Crippen LogP contribution in [0.1, 0.15) is 5.56 Å². The molecule has 7 heteroatoms. The molecule has 22 heavy (non-hydrogen) atoms. The van der Waals surface area contributed by atoms with Crippen LogP contribution >= 0.6 is 11.6 Å². The van der Waals surface area contributed by atoms with Crippen LogP contribution in [0.5, 0.6) is 11.5 Å². The number of sulfonamides is 1. The van der Waals surface area contributed by atoms with E-state index in [4.69, 9.17) is 21.1 Å². The van der Waals surface area contributed by atoms with E-state index < -0.39 is 10.0 Å². The molecule has 1 N–H and O–H groups in total. The molecule has 0 fully saturated rings. The zero-order valence-electron chi connectivity index (χ0n) is 12.4. The van der Waals surface area contributed by atoms with Crippen LogP contribution < -0.4 is 14.2 Å². The smallest absolute Gasteiger partial charge is 0.262 e. The second-order valence-electron chi connectivity index (χ2n) is 4.61. The molecule has 2 aromatic carbocycles. The lowest BCUT2D eigenvalue weighted by Gasteiger charge is -2.13. The standard InChI is InChI=1S/C15H16ClNO4S/c1-10-4-6-13(15(8-10)21-3)17-22(18,19)11-5-7-14(20-2)12(16)9-11/h4-9,17H,1-3H3. The molecule has 0 radical (unpaired) electrons. The number of ether oxygens (including phenoxy) is 2. The van der Waals surface area contributed by atoms with Gasteiger partial charge in [-0.15, -0.1) is 0 Å². The largest absolute Gasteiger partial charge is 0.495 e. The number of hydrogen-bond donors (Lipinski definition) is 1. The minimum absolute atomic E-state index is 0.0425.